The lowest BCUT2D eigenvalue weighted by Gasteiger charge is -2.50. The quantitative estimate of drug-likeness (QED) is 0.126. The number of pyridine rings is 1. The SMILES string of the molecule is CC[C@@H]1OC(=O)[C@H](C)[C@@H](O[C@H]2C[C@@](C)(OC)[C@@H](O)[C@H](C)O2)[C@H](C)[C@@H](O[C@@H]2O[C@H](C)C[C@H](N(C)C)[C@H]2OC(=O)c2ccccc2)[C@@](C)(OCC#Cc2csc(-c3ccccn3)c2)C[C@@H](C)C(=O)[C@@H](C)[C@@H](O)[C@]1(C)O. The first-order valence-corrected chi connectivity index (χ1v) is 26.4. The minimum absolute atomic E-state index is 0.0223. The molecular formula is C56H78N2O14S. The molecule has 17 heteroatoms. The fraction of sp³-hybridized carbons (Fsp3) is 0.643. The predicted octanol–water partition coefficient (Wildman–Crippen LogP) is 6.85. The zero-order valence-corrected chi connectivity index (χ0v) is 45.5. The van der Waals surface area contributed by atoms with Crippen molar-refractivity contribution in [3.05, 3.63) is 77.3 Å². The molecule has 0 aliphatic carbocycles. The lowest BCUT2D eigenvalue weighted by atomic mass is 9.73. The van der Waals surface area contributed by atoms with Crippen molar-refractivity contribution in [2.24, 2.45) is 23.7 Å². The summed E-state index contributed by atoms with van der Waals surface area (Å²) in [6, 6.07) is 15.9. The van der Waals surface area contributed by atoms with Gasteiger partial charge in [-0.25, -0.2) is 4.79 Å². The summed E-state index contributed by atoms with van der Waals surface area (Å²) in [6.07, 6.45) is -8.28. The van der Waals surface area contributed by atoms with Crippen molar-refractivity contribution >= 4 is 29.1 Å². The number of likely N-dealkylation sites (N-methyl/N-ethyl adjacent to an activating group) is 1. The molecule has 3 N–H and O–H groups in total. The lowest BCUT2D eigenvalue weighted by molar-refractivity contribution is -0.319. The molecule has 3 aliphatic heterocycles. The second-order valence-corrected chi connectivity index (χ2v) is 22.1. The molecule has 5 heterocycles. The van der Waals surface area contributed by atoms with E-state index in [-0.39, 0.29) is 31.7 Å². The normalized spacial score (nSPS) is 37.9. The zero-order chi connectivity index (χ0) is 53.6. The predicted molar refractivity (Wildman–Crippen MR) is 274 cm³/mol. The average Bonchev–Trinajstić information content (AvgIpc) is 3.85. The maximum atomic E-state index is 14.8. The molecule has 6 rings (SSSR count). The van der Waals surface area contributed by atoms with Crippen molar-refractivity contribution in [2.45, 2.75) is 179 Å². The van der Waals surface area contributed by atoms with Crippen LogP contribution in [-0.2, 0) is 47.5 Å². The van der Waals surface area contributed by atoms with E-state index >= 15 is 0 Å². The Morgan fingerprint density at radius 1 is 0.904 bits per heavy atom. The fourth-order valence-corrected chi connectivity index (χ4v) is 11.6. The Labute approximate surface area is 435 Å². The monoisotopic (exact) mass is 1030 g/mol. The van der Waals surface area contributed by atoms with Gasteiger partial charge in [0.15, 0.2) is 18.7 Å². The van der Waals surface area contributed by atoms with Gasteiger partial charge in [0.25, 0.3) is 0 Å². The molecule has 16 nitrogen and oxygen atoms in total. The van der Waals surface area contributed by atoms with E-state index in [1.54, 1.807) is 85.0 Å². The van der Waals surface area contributed by atoms with E-state index in [1.165, 1.54) is 25.4 Å². The van der Waals surface area contributed by atoms with Gasteiger partial charge in [0.05, 0.1) is 69.8 Å². The minimum Gasteiger partial charge on any atom is -0.459 e. The van der Waals surface area contributed by atoms with Crippen LogP contribution in [0.3, 0.4) is 0 Å². The van der Waals surface area contributed by atoms with Gasteiger partial charge in [-0.3, -0.25) is 14.6 Å². The van der Waals surface area contributed by atoms with Crippen molar-refractivity contribution in [3.63, 3.8) is 0 Å². The van der Waals surface area contributed by atoms with Crippen LogP contribution >= 0.6 is 11.3 Å². The van der Waals surface area contributed by atoms with Gasteiger partial charge >= 0.3 is 11.9 Å². The standard InChI is InChI=1S/C56H78N2O14S/c1-14-43-56(10,64)48(60)34(4)45(59)32(2)29-55(9,66-26-20-21-38-28-42(73-31-38)40-24-18-19-25-57-40)50(35(5)46(36(6)51(62)69-43)70-44-30-54(8,65-13)49(61)37(7)68-44)72-53-47(41(58(11)12)27-33(3)67-53)71-52(63)39-22-16-15-17-23-39/h15-19,22-25,28,31-37,41,43-44,46-50,53,60-61,64H,14,26-27,29-30H2,1-13H3/t32-,33-,34-,35+,36-,37+,41+,43+,44+,46+,47-,48-,49+,50-,53+,54-,55+,56-/m1/s1. The van der Waals surface area contributed by atoms with Crippen LogP contribution < -0.4 is 0 Å². The number of esters is 2. The number of ketones is 1. The van der Waals surface area contributed by atoms with E-state index in [9.17, 15) is 29.7 Å². The molecule has 1 aromatic carbocycles. The number of Topliss-reactive ketones (excluding diaryl/α,β-unsaturated/α-hetero) is 1. The largest absolute Gasteiger partial charge is 0.459 e. The van der Waals surface area contributed by atoms with Crippen LogP contribution in [0.2, 0.25) is 0 Å². The summed E-state index contributed by atoms with van der Waals surface area (Å²) in [4.78, 5) is 50.8. The lowest BCUT2D eigenvalue weighted by Crippen LogP contribution is -2.62. The summed E-state index contributed by atoms with van der Waals surface area (Å²) in [6.45, 7) is 16.9. The molecule has 3 saturated heterocycles. The number of carbonyl (C=O) groups excluding carboxylic acids is 3. The second-order valence-electron chi connectivity index (χ2n) is 21.2. The molecule has 73 heavy (non-hydrogen) atoms. The molecule has 3 aliphatic rings. The van der Waals surface area contributed by atoms with Crippen LogP contribution in [0.15, 0.2) is 66.2 Å². The number of rotatable bonds is 12. The Balaban J connectivity index is 1.51. The Morgan fingerprint density at radius 2 is 1.60 bits per heavy atom. The van der Waals surface area contributed by atoms with Crippen LogP contribution in [-0.4, -0.2) is 155 Å². The number of ether oxygens (including phenoxy) is 8. The average molecular weight is 1040 g/mol. The zero-order valence-electron chi connectivity index (χ0n) is 44.7. The maximum Gasteiger partial charge on any atom is 0.338 e. The highest BCUT2D eigenvalue weighted by Gasteiger charge is 2.55. The Bertz CT molecular complexity index is 2360. The van der Waals surface area contributed by atoms with Crippen LogP contribution in [0.1, 0.15) is 111 Å². The number of thiophene rings is 1. The molecule has 0 saturated carbocycles. The number of aliphatic hydroxyl groups is 3. The number of cyclic esters (lactones) is 1. The third-order valence-electron chi connectivity index (χ3n) is 15.3. The van der Waals surface area contributed by atoms with Crippen molar-refractivity contribution in [3.8, 4) is 22.4 Å². The van der Waals surface area contributed by atoms with Gasteiger partial charge in [0.1, 0.15) is 30.2 Å². The molecule has 402 valence electrons. The number of hydrogen-bond donors (Lipinski definition) is 3. The van der Waals surface area contributed by atoms with Crippen molar-refractivity contribution in [2.75, 3.05) is 27.8 Å². The molecule has 2 aromatic heterocycles. The van der Waals surface area contributed by atoms with E-state index in [0.717, 1.165) is 16.1 Å². The van der Waals surface area contributed by atoms with Crippen molar-refractivity contribution in [1.29, 1.82) is 0 Å². The maximum absolute atomic E-state index is 14.8. The number of hydrogen-bond acceptors (Lipinski definition) is 17. The molecule has 0 spiro atoms. The van der Waals surface area contributed by atoms with Gasteiger partial charge in [0.2, 0.25) is 0 Å². The third-order valence-corrected chi connectivity index (χ3v) is 16.2. The summed E-state index contributed by atoms with van der Waals surface area (Å²) in [7, 11) is 5.28. The first-order chi connectivity index (χ1) is 34.4. The fourth-order valence-electron chi connectivity index (χ4n) is 10.8. The number of aromatic nitrogens is 1. The number of methoxy groups -OCH3 is 1. The first-order valence-electron chi connectivity index (χ1n) is 25.5. The van der Waals surface area contributed by atoms with Crippen LogP contribution in [0.5, 0.6) is 0 Å². The minimum atomic E-state index is -2.05. The van der Waals surface area contributed by atoms with Gasteiger partial charge in [0, 0.05) is 48.4 Å². The van der Waals surface area contributed by atoms with E-state index in [2.05, 4.69) is 16.8 Å². The second kappa shape index (κ2) is 24.7. The number of carbonyl (C=O) groups is 3. The van der Waals surface area contributed by atoms with Crippen molar-refractivity contribution in [1.82, 2.24) is 9.88 Å². The first kappa shape index (κ1) is 58.1. The highest BCUT2D eigenvalue weighted by atomic mass is 32.1. The summed E-state index contributed by atoms with van der Waals surface area (Å²) in [5, 5.41) is 37.0. The summed E-state index contributed by atoms with van der Waals surface area (Å²) >= 11 is 1.51. The van der Waals surface area contributed by atoms with Gasteiger partial charge in [-0.2, -0.15) is 0 Å². The summed E-state index contributed by atoms with van der Waals surface area (Å²) < 4.78 is 52.7. The van der Waals surface area contributed by atoms with Crippen molar-refractivity contribution < 1.29 is 67.6 Å². The van der Waals surface area contributed by atoms with Gasteiger partial charge in [-0.15, -0.1) is 11.3 Å². The van der Waals surface area contributed by atoms with Crippen LogP contribution in [0.4, 0.5) is 0 Å². The summed E-state index contributed by atoms with van der Waals surface area (Å²) in [5.74, 6) is 0.696. The molecule has 3 aromatic rings. The third kappa shape index (κ3) is 13.5. The Hall–Kier alpha value is -4.16. The topological polar surface area (TPSA) is 202 Å². The van der Waals surface area contributed by atoms with E-state index in [0.29, 0.717) is 12.0 Å². The highest BCUT2D eigenvalue weighted by molar-refractivity contribution is 7.13. The molecule has 3 fully saturated rings. The number of benzene rings is 1. The van der Waals surface area contributed by atoms with E-state index in [1.807, 2.05) is 62.5 Å². The number of aliphatic hydroxyl groups excluding tert-OH is 2. The van der Waals surface area contributed by atoms with Gasteiger partial charge in [-0.05, 0) is 105 Å². The molecule has 0 unspecified atom stereocenters. The Kier molecular flexibility index (Phi) is 19.6. The Morgan fingerprint density at radius 3 is 2.25 bits per heavy atom. The van der Waals surface area contributed by atoms with E-state index in [4.69, 9.17) is 37.9 Å². The number of nitrogens with zero attached hydrogens (tertiary/aromatic N) is 2. The smallest absolute Gasteiger partial charge is 0.338 e. The highest BCUT2D eigenvalue weighted by Crippen LogP contribution is 2.43. The molecule has 0 bridgehead atoms. The van der Waals surface area contributed by atoms with Gasteiger partial charge < -0.3 is 58.1 Å². The van der Waals surface area contributed by atoms with E-state index < -0.39 is 120 Å². The van der Waals surface area contributed by atoms with Gasteiger partial charge in [-0.1, -0.05) is 63.8 Å². The molecule has 0 amide bonds. The van der Waals surface area contributed by atoms with Crippen LogP contribution in [0.25, 0.3) is 10.6 Å². The van der Waals surface area contributed by atoms with Crippen LogP contribution in [0, 0.1) is 35.5 Å². The summed E-state index contributed by atoms with van der Waals surface area (Å²) in [5.41, 5.74) is -2.77. The molecule has 0 radical (unpaired) electrons. The molecule has 18 atom stereocenters. The molecular weight excluding hydrogens is 957 g/mol.